The molecule has 20 nitrogen and oxygen atoms in total. The van der Waals surface area contributed by atoms with E-state index in [-0.39, 0.29) is 17.1 Å². The summed E-state index contributed by atoms with van der Waals surface area (Å²) in [5.74, 6) is -2.07. The van der Waals surface area contributed by atoms with Gasteiger partial charge in [-0.2, -0.15) is 0 Å². The first kappa shape index (κ1) is 42.4. The molecule has 0 spiro atoms. The van der Waals surface area contributed by atoms with E-state index >= 15 is 0 Å². The van der Waals surface area contributed by atoms with Gasteiger partial charge in [0.05, 0.1) is 39.6 Å². The van der Waals surface area contributed by atoms with Gasteiger partial charge in [0.15, 0.2) is 48.0 Å². The predicted octanol–water partition coefficient (Wildman–Crippen LogP) is -2.76. The van der Waals surface area contributed by atoms with E-state index in [0.717, 1.165) is 18.2 Å². The second kappa shape index (κ2) is 18.0. The molecule has 3 heterocycles. The van der Waals surface area contributed by atoms with E-state index in [9.17, 15) is 61.0 Å². The van der Waals surface area contributed by atoms with Crippen LogP contribution in [0.3, 0.4) is 0 Å². The Bertz CT molecular complexity index is 1620. The molecule has 11 N–H and O–H groups in total. The Labute approximate surface area is 313 Å². The molecule has 0 aromatic heterocycles. The number of aliphatic hydroxyl groups excluding tert-OH is 7. The Balaban J connectivity index is 1.44. The lowest BCUT2D eigenvalue weighted by Gasteiger charge is -2.47. The molecule has 14 atom stereocenters. The second-order valence-electron chi connectivity index (χ2n) is 13.3. The first-order valence-electron chi connectivity index (χ1n) is 17.1. The first-order chi connectivity index (χ1) is 26.1. The minimum Gasteiger partial charge on any atom is -0.504 e. The van der Waals surface area contributed by atoms with Crippen LogP contribution in [0.2, 0.25) is 0 Å². The third-order valence-electron chi connectivity index (χ3n) is 9.39. The molecule has 0 unspecified atom stereocenters. The molecule has 0 saturated carbocycles. The Kier molecular flexibility index (Phi) is 13.9. The van der Waals surface area contributed by atoms with Crippen LogP contribution in [0.25, 0.3) is 6.08 Å². The fraction of sp³-hybridized carbons (Fsp3) is 0.571. The lowest BCUT2D eigenvalue weighted by molar-refractivity contribution is -0.361. The Morgan fingerprint density at radius 1 is 0.891 bits per heavy atom. The van der Waals surface area contributed by atoms with E-state index < -0.39 is 129 Å². The molecule has 20 heteroatoms. The normalized spacial score (nSPS) is 35.8. The van der Waals surface area contributed by atoms with Crippen molar-refractivity contribution in [1.82, 2.24) is 0 Å². The van der Waals surface area contributed by atoms with E-state index in [1.807, 2.05) is 0 Å². The zero-order chi connectivity index (χ0) is 40.2. The van der Waals surface area contributed by atoms with Gasteiger partial charge in [0.2, 0.25) is 0 Å². The van der Waals surface area contributed by atoms with Crippen molar-refractivity contribution in [2.75, 3.05) is 33.5 Å². The van der Waals surface area contributed by atoms with E-state index in [4.69, 9.17) is 37.9 Å². The van der Waals surface area contributed by atoms with Crippen LogP contribution in [-0.4, -0.2) is 175 Å². The molecule has 2 aromatic rings. The Morgan fingerprint density at radius 2 is 1.62 bits per heavy atom. The van der Waals surface area contributed by atoms with Gasteiger partial charge >= 0.3 is 5.97 Å². The number of phenolic OH excluding ortho intramolecular Hbond substituents is 3. The number of carbonyl (C=O) groups excluding carboxylic acids is 1. The van der Waals surface area contributed by atoms with Crippen LogP contribution in [-0.2, 0) is 38.0 Å². The van der Waals surface area contributed by atoms with Crippen molar-refractivity contribution in [3.63, 3.8) is 0 Å². The molecule has 3 saturated heterocycles. The van der Waals surface area contributed by atoms with Gasteiger partial charge in [-0.1, -0.05) is 12.1 Å². The molecule has 5 rings (SSSR count). The van der Waals surface area contributed by atoms with Gasteiger partial charge < -0.3 is 94.1 Å². The van der Waals surface area contributed by atoms with Gasteiger partial charge in [-0.05, 0) is 48.4 Å². The quantitative estimate of drug-likeness (QED) is 0.0525. The maximum Gasteiger partial charge on any atom is 0.331 e. The summed E-state index contributed by atoms with van der Waals surface area (Å²) in [5.41, 5.74) is -1.58. The van der Waals surface area contributed by atoms with Crippen LogP contribution in [0, 0.1) is 0 Å². The molecule has 3 aliphatic rings. The number of hydrogen-bond acceptors (Lipinski definition) is 20. The average Bonchev–Trinajstić information content (AvgIpc) is 3.46. The van der Waals surface area contributed by atoms with Crippen molar-refractivity contribution < 1.29 is 98.9 Å². The highest BCUT2D eigenvalue weighted by atomic mass is 16.8. The molecule has 55 heavy (non-hydrogen) atoms. The van der Waals surface area contributed by atoms with E-state index in [2.05, 4.69) is 0 Å². The van der Waals surface area contributed by atoms with Crippen LogP contribution in [0.5, 0.6) is 23.0 Å². The standard InChI is InChI=1S/C35H46O20/c1-15-25(42)26(43)27(44)33(52-15)55-30-28(45)32(49-11-21(40)17-5-7-18(37)20(39)10-17)53-23(12-50-34-31(46)35(47,13-36)14-51-34)29(30)54-24(41)8-4-16-3-6-19(38)22(9-16)48-2/h3-10,15,21,23,25-34,36-40,42-47H,11-14H2,1-2H3/b8-4+/t15-,21-,23+,25-,26+,27+,28+,29+,30+,31-,32+,33-,34+,35+/m0/s1. The molecule has 0 radical (unpaired) electrons. The smallest absolute Gasteiger partial charge is 0.331 e. The number of aliphatic hydroxyl groups is 8. The molecule has 0 aliphatic carbocycles. The summed E-state index contributed by atoms with van der Waals surface area (Å²) in [4.78, 5) is 13.3. The first-order valence-corrected chi connectivity index (χ1v) is 17.1. The maximum atomic E-state index is 13.3. The summed E-state index contributed by atoms with van der Waals surface area (Å²) in [6.07, 6.45) is -19.1. The number of methoxy groups -OCH3 is 1. The highest BCUT2D eigenvalue weighted by Gasteiger charge is 2.54. The highest BCUT2D eigenvalue weighted by Crippen LogP contribution is 2.34. The van der Waals surface area contributed by atoms with Crippen LogP contribution in [0.15, 0.2) is 42.5 Å². The van der Waals surface area contributed by atoms with Gasteiger partial charge in [-0.15, -0.1) is 0 Å². The van der Waals surface area contributed by atoms with Crippen LogP contribution in [0.1, 0.15) is 24.2 Å². The average molecular weight is 787 g/mol. The largest absolute Gasteiger partial charge is 0.504 e. The summed E-state index contributed by atoms with van der Waals surface area (Å²) in [6, 6.07) is 7.72. The molecule has 0 amide bonds. The van der Waals surface area contributed by atoms with E-state index in [0.29, 0.717) is 5.56 Å². The van der Waals surface area contributed by atoms with Crippen molar-refractivity contribution in [1.29, 1.82) is 0 Å². The van der Waals surface area contributed by atoms with Gasteiger partial charge in [0, 0.05) is 6.08 Å². The lowest BCUT2D eigenvalue weighted by Crippen LogP contribution is -2.65. The van der Waals surface area contributed by atoms with Crippen LogP contribution in [0.4, 0.5) is 0 Å². The summed E-state index contributed by atoms with van der Waals surface area (Å²) < 4.78 is 45.0. The summed E-state index contributed by atoms with van der Waals surface area (Å²) in [7, 11) is 1.33. The van der Waals surface area contributed by atoms with Crippen molar-refractivity contribution in [3.8, 4) is 23.0 Å². The Morgan fingerprint density at radius 3 is 2.29 bits per heavy atom. The van der Waals surface area contributed by atoms with Crippen LogP contribution < -0.4 is 4.74 Å². The van der Waals surface area contributed by atoms with Gasteiger partial charge in [-0.3, -0.25) is 0 Å². The molecule has 3 aliphatic heterocycles. The van der Waals surface area contributed by atoms with Gasteiger partial charge in [0.1, 0.15) is 54.4 Å². The summed E-state index contributed by atoms with van der Waals surface area (Å²) in [6.45, 7) is -1.27. The predicted molar refractivity (Wildman–Crippen MR) is 180 cm³/mol. The second-order valence-corrected chi connectivity index (χ2v) is 13.3. The maximum absolute atomic E-state index is 13.3. The topological polar surface area (TPSA) is 313 Å². The van der Waals surface area contributed by atoms with Crippen molar-refractivity contribution >= 4 is 12.0 Å². The molecule has 2 aromatic carbocycles. The number of ether oxygens (including phenoxy) is 8. The number of hydrogen-bond donors (Lipinski definition) is 11. The highest BCUT2D eigenvalue weighted by molar-refractivity contribution is 5.87. The molecule has 306 valence electrons. The Hall–Kier alpha value is -3.71. The minimum atomic E-state index is -2.07. The number of benzene rings is 2. The molecule has 0 bridgehead atoms. The zero-order valence-corrected chi connectivity index (χ0v) is 29.5. The summed E-state index contributed by atoms with van der Waals surface area (Å²) >= 11 is 0. The van der Waals surface area contributed by atoms with Crippen LogP contribution >= 0.6 is 0 Å². The molecular formula is C35H46O20. The van der Waals surface area contributed by atoms with Gasteiger partial charge in [0.25, 0.3) is 0 Å². The van der Waals surface area contributed by atoms with Crippen molar-refractivity contribution in [2.45, 2.75) is 92.4 Å². The fourth-order valence-corrected chi connectivity index (χ4v) is 6.03. The number of carbonyl (C=O) groups is 1. The number of phenols is 3. The number of esters is 1. The third kappa shape index (κ3) is 9.64. The number of rotatable bonds is 14. The van der Waals surface area contributed by atoms with E-state index in [1.54, 1.807) is 0 Å². The summed E-state index contributed by atoms with van der Waals surface area (Å²) in [5, 5.41) is 114. The monoisotopic (exact) mass is 786 g/mol. The SMILES string of the molecule is COc1cc(/C=C/C(=O)O[C@H]2[C@H](O[C@@H]3O[C@@H](C)[C@H](O)[C@@H](O)[C@H]3O)[C@@H](O)[C@H](OC[C@H](O)c3ccc(O)c(O)c3)O[C@@H]2CO[C@@H]2OC[C@](O)(CO)[C@H]2O)ccc1O. The molecular weight excluding hydrogens is 740 g/mol. The lowest BCUT2D eigenvalue weighted by atomic mass is 9.96. The zero-order valence-electron chi connectivity index (χ0n) is 29.5. The molecule has 3 fully saturated rings. The number of aromatic hydroxyl groups is 3. The third-order valence-corrected chi connectivity index (χ3v) is 9.39. The fourth-order valence-electron chi connectivity index (χ4n) is 6.03. The van der Waals surface area contributed by atoms with Gasteiger partial charge in [-0.25, -0.2) is 4.79 Å². The van der Waals surface area contributed by atoms with Crippen molar-refractivity contribution in [3.05, 3.63) is 53.6 Å². The van der Waals surface area contributed by atoms with Crippen molar-refractivity contribution in [2.24, 2.45) is 0 Å². The minimum absolute atomic E-state index is 0.0992. The van der Waals surface area contributed by atoms with E-state index in [1.165, 1.54) is 44.4 Å².